The molecule has 3 amide bonds. The maximum absolute atomic E-state index is 12.2. The lowest BCUT2D eigenvalue weighted by Gasteiger charge is -2.44. The summed E-state index contributed by atoms with van der Waals surface area (Å²) in [6.45, 7) is 6.24. The Balaban J connectivity index is 3.20. The molecule has 1 N–H and O–H groups in total. The normalized spacial score (nSPS) is 20.1. The third-order valence-electron chi connectivity index (χ3n) is 3.61. The molecule has 1 heterocycles. The number of carbonyl (C=O) groups is 2. The van der Waals surface area contributed by atoms with Gasteiger partial charge in [0.05, 0.1) is 0 Å². The van der Waals surface area contributed by atoms with Crippen LogP contribution in [0.4, 0.5) is 4.79 Å². The molecule has 0 aromatic rings. The van der Waals surface area contributed by atoms with E-state index in [0.717, 1.165) is 11.3 Å². The van der Waals surface area contributed by atoms with Crippen LogP contribution in [0, 0.1) is 10.8 Å². The van der Waals surface area contributed by atoms with Crippen molar-refractivity contribution in [1.82, 2.24) is 9.80 Å². The first kappa shape index (κ1) is 13.7. The molecule has 0 saturated carbocycles. The number of carbonyl (C=O) groups excluding carboxylic acids is 2. The van der Waals surface area contributed by atoms with Crippen LogP contribution < -0.4 is 0 Å². The third kappa shape index (κ3) is 1.83. The van der Waals surface area contributed by atoms with Crippen molar-refractivity contribution in [3.63, 3.8) is 0 Å². The van der Waals surface area contributed by atoms with Crippen LogP contribution in [0.3, 0.4) is 0 Å². The molecule has 0 aromatic carbocycles. The molecule has 0 atom stereocenters. The van der Waals surface area contributed by atoms with Crippen LogP contribution in [0.15, 0.2) is 0 Å². The summed E-state index contributed by atoms with van der Waals surface area (Å²) in [7, 11) is 1.50. The van der Waals surface area contributed by atoms with Gasteiger partial charge >= 0.3 is 6.03 Å². The van der Waals surface area contributed by atoms with E-state index in [1.54, 1.807) is 0 Å². The maximum atomic E-state index is 12.2. The summed E-state index contributed by atoms with van der Waals surface area (Å²) in [5, 5.41) is 8.16. The molecule has 5 heteroatoms. The van der Waals surface area contributed by atoms with Crippen molar-refractivity contribution in [1.29, 1.82) is 5.41 Å². The summed E-state index contributed by atoms with van der Waals surface area (Å²) in [5.74, 6) is -0.0812. The van der Waals surface area contributed by atoms with Gasteiger partial charge in [0.25, 0.3) is 0 Å². The van der Waals surface area contributed by atoms with Crippen LogP contribution in [0.1, 0.15) is 40.0 Å². The van der Waals surface area contributed by atoms with Gasteiger partial charge in [-0.05, 0) is 19.3 Å². The third-order valence-corrected chi connectivity index (χ3v) is 3.61. The largest absolute Gasteiger partial charge is 0.331 e. The van der Waals surface area contributed by atoms with Gasteiger partial charge in [0, 0.05) is 13.6 Å². The Morgan fingerprint density at radius 3 is 2.12 bits per heavy atom. The van der Waals surface area contributed by atoms with Crippen molar-refractivity contribution in [2.24, 2.45) is 5.41 Å². The monoisotopic (exact) mass is 239 g/mol. The zero-order valence-corrected chi connectivity index (χ0v) is 11.0. The Morgan fingerprint density at radius 1 is 1.18 bits per heavy atom. The van der Waals surface area contributed by atoms with Crippen molar-refractivity contribution in [3.8, 4) is 0 Å². The van der Waals surface area contributed by atoms with E-state index >= 15 is 0 Å². The minimum Gasteiger partial charge on any atom is -0.287 e. The van der Waals surface area contributed by atoms with Gasteiger partial charge in [-0.15, -0.1) is 0 Å². The number of amidine groups is 1. The van der Waals surface area contributed by atoms with Gasteiger partial charge < -0.3 is 0 Å². The molecule has 0 aromatic heterocycles. The highest BCUT2D eigenvalue weighted by Crippen LogP contribution is 2.35. The second kappa shape index (κ2) is 4.85. The van der Waals surface area contributed by atoms with Crippen molar-refractivity contribution < 1.29 is 9.59 Å². The fraction of sp³-hybridized carbons (Fsp3) is 0.750. The smallest absolute Gasteiger partial charge is 0.287 e. The molecule has 0 unspecified atom stereocenters. The molecule has 0 bridgehead atoms. The van der Waals surface area contributed by atoms with Gasteiger partial charge in [0.1, 0.15) is 11.3 Å². The van der Waals surface area contributed by atoms with E-state index in [4.69, 9.17) is 5.41 Å². The van der Waals surface area contributed by atoms with Gasteiger partial charge in [0.15, 0.2) is 0 Å². The molecule has 0 spiro atoms. The first-order chi connectivity index (χ1) is 7.96. The fourth-order valence-corrected chi connectivity index (χ4v) is 2.36. The molecular formula is C12H21N3O2. The number of rotatable bonds is 4. The van der Waals surface area contributed by atoms with E-state index in [1.807, 2.05) is 20.8 Å². The van der Waals surface area contributed by atoms with Crippen molar-refractivity contribution in [2.45, 2.75) is 40.0 Å². The first-order valence-corrected chi connectivity index (χ1v) is 6.14. The van der Waals surface area contributed by atoms with Crippen molar-refractivity contribution in [3.05, 3.63) is 0 Å². The lowest BCUT2D eigenvalue weighted by Crippen LogP contribution is -2.63. The maximum Gasteiger partial charge on any atom is 0.331 e. The molecule has 1 rings (SSSR count). The van der Waals surface area contributed by atoms with Crippen LogP contribution in [0.25, 0.3) is 0 Å². The van der Waals surface area contributed by atoms with E-state index in [2.05, 4.69) is 0 Å². The van der Waals surface area contributed by atoms with E-state index in [0.29, 0.717) is 19.4 Å². The SMILES string of the molecule is CCCN1C(=N)C(CC)(CC)C(=O)N(C)C1=O. The van der Waals surface area contributed by atoms with Crippen LogP contribution in [0.2, 0.25) is 0 Å². The summed E-state index contributed by atoms with van der Waals surface area (Å²) in [6.07, 6.45) is 1.89. The highest BCUT2D eigenvalue weighted by molar-refractivity contribution is 6.19. The fourth-order valence-electron chi connectivity index (χ4n) is 2.36. The van der Waals surface area contributed by atoms with Crippen LogP contribution >= 0.6 is 0 Å². The van der Waals surface area contributed by atoms with E-state index in [-0.39, 0.29) is 17.8 Å². The molecule has 96 valence electrons. The highest BCUT2D eigenvalue weighted by atomic mass is 16.2. The molecule has 1 fully saturated rings. The van der Waals surface area contributed by atoms with Crippen molar-refractivity contribution in [2.75, 3.05) is 13.6 Å². The summed E-state index contributed by atoms with van der Waals surface area (Å²) >= 11 is 0. The molecule has 5 nitrogen and oxygen atoms in total. The van der Waals surface area contributed by atoms with Gasteiger partial charge in [-0.2, -0.15) is 0 Å². The van der Waals surface area contributed by atoms with Gasteiger partial charge in [0.2, 0.25) is 5.91 Å². The Labute approximate surface area is 102 Å². The second-order valence-electron chi connectivity index (χ2n) is 4.44. The van der Waals surface area contributed by atoms with E-state index < -0.39 is 5.41 Å². The molecule has 0 radical (unpaired) electrons. The molecule has 17 heavy (non-hydrogen) atoms. The Kier molecular flexibility index (Phi) is 3.91. The highest BCUT2D eigenvalue weighted by Gasteiger charge is 2.51. The van der Waals surface area contributed by atoms with Crippen LogP contribution in [-0.2, 0) is 4.79 Å². The van der Waals surface area contributed by atoms with Gasteiger partial charge in [-0.3, -0.25) is 20.0 Å². The number of hydrogen-bond donors (Lipinski definition) is 1. The summed E-state index contributed by atoms with van der Waals surface area (Å²) in [5.41, 5.74) is -0.822. The predicted molar refractivity (Wildman–Crippen MR) is 65.9 cm³/mol. The lowest BCUT2D eigenvalue weighted by molar-refractivity contribution is -0.136. The number of nitrogens with zero attached hydrogens (tertiary/aromatic N) is 2. The molecule has 1 saturated heterocycles. The molecule has 1 aliphatic heterocycles. The van der Waals surface area contributed by atoms with E-state index in [1.165, 1.54) is 11.9 Å². The summed E-state index contributed by atoms with van der Waals surface area (Å²) < 4.78 is 0. The van der Waals surface area contributed by atoms with Gasteiger partial charge in [-0.1, -0.05) is 20.8 Å². The minimum atomic E-state index is -0.822. The quantitative estimate of drug-likeness (QED) is 0.816. The zero-order valence-electron chi connectivity index (χ0n) is 11.0. The minimum absolute atomic E-state index is 0.164. The average Bonchev–Trinajstić information content (AvgIpc) is 2.34. The molecular weight excluding hydrogens is 218 g/mol. The standard InChI is InChI=1S/C12H21N3O2/c1-5-8-15-9(13)12(6-2,7-3)10(16)14(4)11(15)17/h13H,5-8H2,1-4H3. The summed E-state index contributed by atoms with van der Waals surface area (Å²) in [6, 6.07) is -0.376. The van der Waals surface area contributed by atoms with Crippen LogP contribution in [-0.4, -0.2) is 41.2 Å². The average molecular weight is 239 g/mol. The first-order valence-electron chi connectivity index (χ1n) is 6.14. The Hall–Kier alpha value is -1.39. The number of urea groups is 1. The van der Waals surface area contributed by atoms with Gasteiger partial charge in [-0.25, -0.2) is 4.79 Å². The Morgan fingerprint density at radius 2 is 1.71 bits per heavy atom. The number of hydrogen-bond acceptors (Lipinski definition) is 3. The second-order valence-corrected chi connectivity index (χ2v) is 4.44. The number of amides is 3. The Bertz CT molecular complexity index is 348. The lowest BCUT2D eigenvalue weighted by atomic mass is 9.77. The van der Waals surface area contributed by atoms with Crippen LogP contribution in [0.5, 0.6) is 0 Å². The zero-order chi connectivity index (χ0) is 13.2. The predicted octanol–water partition coefficient (Wildman–Crippen LogP) is 2.07. The number of nitrogens with one attached hydrogen (secondary N) is 1. The van der Waals surface area contributed by atoms with E-state index in [9.17, 15) is 9.59 Å². The number of imide groups is 1. The molecule has 1 aliphatic rings. The van der Waals surface area contributed by atoms with Crippen molar-refractivity contribution >= 4 is 17.8 Å². The topological polar surface area (TPSA) is 64.5 Å². The summed E-state index contributed by atoms with van der Waals surface area (Å²) in [4.78, 5) is 26.7. The molecule has 0 aliphatic carbocycles.